The second-order valence-electron chi connectivity index (χ2n) is 27.2. The van der Waals surface area contributed by atoms with Crippen LogP contribution in [0.2, 0.25) is 0 Å². The Morgan fingerprint density at radius 2 is 0.723 bits per heavy atom. The van der Waals surface area contributed by atoms with Crippen LogP contribution in [0.4, 0.5) is 11.4 Å². The zero-order chi connectivity index (χ0) is 57.5. The summed E-state index contributed by atoms with van der Waals surface area (Å²) in [6.07, 6.45) is 0. The third-order valence-corrected chi connectivity index (χ3v) is 17.3. The molecular formula is C76H69BN6. The normalized spacial score (nSPS) is 13.7. The van der Waals surface area contributed by atoms with Crippen molar-refractivity contribution in [3.63, 3.8) is 0 Å². The van der Waals surface area contributed by atoms with Crippen molar-refractivity contribution in [2.75, 3.05) is 0 Å². The third kappa shape index (κ3) is 8.77. The molecule has 83 heavy (non-hydrogen) atoms. The predicted octanol–water partition coefficient (Wildman–Crippen LogP) is 16.5. The molecule has 2 aliphatic rings. The molecule has 0 bridgehead atoms. The highest BCUT2D eigenvalue weighted by Crippen LogP contribution is 2.41. The van der Waals surface area contributed by atoms with Gasteiger partial charge >= 0.3 is 0 Å². The zero-order valence-corrected chi connectivity index (χ0v) is 49.8. The molecule has 0 saturated heterocycles. The van der Waals surface area contributed by atoms with Gasteiger partial charge in [0.05, 0.1) is 55.5 Å². The maximum absolute atomic E-state index is 5.75. The monoisotopic (exact) mass is 1080 g/mol. The lowest BCUT2D eigenvalue weighted by molar-refractivity contribution is 0.590. The van der Waals surface area contributed by atoms with E-state index in [1.807, 2.05) is 0 Å². The quantitative estimate of drug-likeness (QED) is 0.127. The van der Waals surface area contributed by atoms with E-state index in [1.54, 1.807) is 0 Å². The Kier molecular flexibility index (Phi) is 11.8. The Hall–Kier alpha value is -8.94. The van der Waals surface area contributed by atoms with E-state index in [1.165, 1.54) is 38.6 Å². The second kappa shape index (κ2) is 18.8. The van der Waals surface area contributed by atoms with Crippen LogP contribution in [0.25, 0.3) is 88.9 Å². The van der Waals surface area contributed by atoms with Crippen molar-refractivity contribution in [2.45, 2.75) is 105 Å². The topological polar surface area (TPSA) is 60.4 Å². The minimum Gasteiger partial charge on any atom is -0.310 e. The first-order chi connectivity index (χ1) is 39.7. The number of aromatic nitrogens is 4. The molecule has 9 aromatic carbocycles. The average Bonchev–Trinajstić information content (AvgIpc) is 0.805. The van der Waals surface area contributed by atoms with Crippen LogP contribution >= 0.6 is 0 Å². The first-order valence-corrected chi connectivity index (χ1v) is 29.4. The molecule has 7 heteroatoms. The summed E-state index contributed by atoms with van der Waals surface area (Å²) in [5.74, 6) is 0.676. The minimum absolute atomic E-state index is 0.124. The van der Waals surface area contributed by atoms with Crippen molar-refractivity contribution >= 4 is 78.1 Å². The van der Waals surface area contributed by atoms with Crippen molar-refractivity contribution in [2.24, 2.45) is 9.98 Å². The van der Waals surface area contributed by atoms with Gasteiger partial charge in [0.15, 0.2) is 5.82 Å². The van der Waals surface area contributed by atoms with Gasteiger partial charge in [0.2, 0.25) is 0 Å². The number of benzene rings is 9. The molecular weight excluding hydrogens is 1010 g/mol. The molecule has 0 N–H and O–H groups in total. The van der Waals surface area contributed by atoms with Gasteiger partial charge in [-0.05, 0) is 139 Å². The zero-order valence-electron chi connectivity index (χ0n) is 49.8. The number of hydrogen-bond donors (Lipinski definition) is 0. The van der Waals surface area contributed by atoms with Crippen molar-refractivity contribution in [3.8, 4) is 45.3 Å². The molecule has 12 aromatic rings. The summed E-state index contributed by atoms with van der Waals surface area (Å²) in [6, 6.07) is 73.4. The fourth-order valence-corrected chi connectivity index (χ4v) is 12.8. The molecule has 3 aromatic heterocycles. The van der Waals surface area contributed by atoms with E-state index < -0.39 is 0 Å². The van der Waals surface area contributed by atoms with E-state index >= 15 is 0 Å². The van der Waals surface area contributed by atoms with Gasteiger partial charge in [-0.1, -0.05) is 204 Å². The molecule has 0 aliphatic carbocycles. The van der Waals surface area contributed by atoms with E-state index in [9.17, 15) is 0 Å². The van der Waals surface area contributed by atoms with Crippen LogP contribution in [0.15, 0.2) is 210 Å². The van der Waals surface area contributed by atoms with E-state index in [0.717, 1.165) is 105 Å². The molecule has 0 radical (unpaired) electrons. The molecule has 406 valence electrons. The number of fused-ring (bicyclic) bond motifs is 8. The summed E-state index contributed by atoms with van der Waals surface area (Å²) >= 11 is 0. The summed E-state index contributed by atoms with van der Waals surface area (Å²) in [7, 11) is 0. The van der Waals surface area contributed by atoms with Crippen molar-refractivity contribution in [3.05, 3.63) is 233 Å². The van der Waals surface area contributed by atoms with Crippen LogP contribution in [-0.4, -0.2) is 25.8 Å². The van der Waals surface area contributed by atoms with Crippen molar-refractivity contribution < 1.29 is 0 Å². The Morgan fingerprint density at radius 1 is 0.349 bits per heavy atom. The molecule has 0 saturated carbocycles. The summed E-state index contributed by atoms with van der Waals surface area (Å²) in [4.78, 5) is 22.4. The molecule has 0 unspecified atom stereocenters. The maximum atomic E-state index is 5.75. The van der Waals surface area contributed by atoms with E-state index in [2.05, 4.69) is 292 Å². The Labute approximate surface area is 487 Å². The predicted molar refractivity (Wildman–Crippen MR) is 350 cm³/mol. The molecule has 14 rings (SSSR count). The smallest absolute Gasteiger partial charge is 0.252 e. The molecule has 0 fully saturated rings. The molecule has 0 atom stereocenters. The van der Waals surface area contributed by atoms with Crippen LogP contribution in [-0.2, 0) is 21.7 Å². The fourth-order valence-electron chi connectivity index (χ4n) is 12.8. The Bertz CT molecular complexity index is 4500. The largest absolute Gasteiger partial charge is 0.310 e. The minimum atomic E-state index is -0.207. The molecule has 0 spiro atoms. The van der Waals surface area contributed by atoms with Crippen LogP contribution in [0.1, 0.15) is 105 Å². The summed E-state index contributed by atoms with van der Waals surface area (Å²) in [6.45, 7) is 27.8. The van der Waals surface area contributed by atoms with Gasteiger partial charge in [0, 0.05) is 49.6 Å². The van der Waals surface area contributed by atoms with E-state index in [-0.39, 0.29) is 28.4 Å². The number of para-hydroxylation sites is 2. The number of nitrogens with zero attached hydrogens (tertiary/aromatic N) is 6. The lowest BCUT2D eigenvalue weighted by Gasteiger charge is -2.39. The van der Waals surface area contributed by atoms with E-state index in [0.29, 0.717) is 5.82 Å². The molecule has 6 nitrogen and oxygen atoms in total. The van der Waals surface area contributed by atoms with Crippen molar-refractivity contribution in [1.29, 1.82) is 0 Å². The highest BCUT2D eigenvalue weighted by atomic mass is 15.0. The standard InChI is InChI=1S/C76H69BN6/c1-73(2,3)49-33-35-63-55(39-49)68(78-53-29-21-15-22-30-53)57-41-51(75(7,8)9)43-59-70(57)82(63)65-37-48(62-45-61(46-25-17-13-18-26-46)80-72(81-62)47-27-19-14-20-28-47)38-66-67(65)77(59)60-44-52(76(10,11)12)42-58-69(79-54-31-23-16-24-32-54)56-40-50(74(4,5)6)34-36-64(56)83(66)71(58)60/h13-45H,1-12H3. The van der Waals surface area contributed by atoms with Crippen LogP contribution < -0.4 is 27.1 Å². The molecule has 5 heterocycles. The molecule has 2 aliphatic heterocycles. The van der Waals surface area contributed by atoms with Gasteiger partial charge in [-0.2, -0.15) is 0 Å². The van der Waals surface area contributed by atoms with Crippen LogP contribution in [0.3, 0.4) is 0 Å². The second-order valence-corrected chi connectivity index (χ2v) is 27.2. The lowest BCUT2D eigenvalue weighted by Crippen LogP contribution is -2.60. The first-order valence-electron chi connectivity index (χ1n) is 29.4. The van der Waals surface area contributed by atoms with Crippen molar-refractivity contribution in [1.82, 2.24) is 19.1 Å². The van der Waals surface area contributed by atoms with Gasteiger partial charge in [-0.25, -0.2) is 20.0 Å². The van der Waals surface area contributed by atoms with E-state index in [4.69, 9.17) is 20.0 Å². The van der Waals surface area contributed by atoms with Gasteiger partial charge < -0.3 is 9.13 Å². The number of pyridine rings is 2. The Morgan fingerprint density at radius 3 is 1.13 bits per heavy atom. The summed E-state index contributed by atoms with van der Waals surface area (Å²) in [5.41, 5.74) is 21.5. The summed E-state index contributed by atoms with van der Waals surface area (Å²) in [5, 5.41) is 6.43. The SMILES string of the molecule is CC(C)(C)c1ccc2c(c1)c(=Nc1ccccc1)c1cc(C(C)(C)C)cc3c1n2-c1cc(-c2cc(-c4ccccc4)nc(-c4ccccc4)n2)cc2c1B3c1cc(C(C)(C)C)cc3c(=Nc4ccccc4)c4cc(C(C)(C)C)ccc4n-2c13. The van der Waals surface area contributed by atoms with Gasteiger partial charge in [0.25, 0.3) is 6.71 Å². The maximum Gasteiger partial charge on any atom is 0.252 e. The summed E-state index contributed by atoms with van der Waals surface area (Å²) < 4.78 is 5.21. The van der Waals surface area contributed by atoms with Gasteiger partial charge in [0.1, 0.15) is 0 Å². The number of rotatable bonds is 5. The lowest BCUT2D eigenvalue weighted by atomic mass is 9.33. The number of hydrogen-bond acceptors (Lipinski definition) is 4. The average molecular weight is 1080 g/mol. The fraction of sp³-hybridized carbons (Fsp3) is 0.211. The highest BCUT2D eigenvalue weighted by Gasteiger charge is 2.42. The Balaban J connectivity index is 1.24. The van der Waals surface area contributed by atoms with Crippen LogP contribution in [0, 0.1) is 0 Å². The third-order valence-electron chi connectivity index (χ3n) is 17.3. The first kappa shape index (κ1) is 52.2. The highest BCUT2D eigenvalue weighted by molar-refractivity contribution is 7.00. The van der Waals surface area contributed by atoms with Gasteiger partial charge in [-0.3, -0.25) is 0 Å². The molecule has 0 amide bonds. The van der Waals surface area contributed by atoms with Gasteiger partial charge in [-0.15, -0.1) is 0 Å². The van der Waals surface area contributed by atoms with Crippen LogP contribution in [0.5, 0.6) is 0 Å².